The van der Waals surface area contributed by atoms with Crippen LogP contribution in [-0.2, 0) is 6.54 Å². The summed E-state index contributed by atoms with van der Waals surface area (Å²) in [6.45, 7) is 0.823. The maximum Gasteiger partial charge on any atom is 0.0422 e. The van der Waals surface area contributed by atoms with Gasteiger partial charge in [-0.2, -0.15) is 0 Å². The van der Waals surface area contributed by atoms with Gasteiger partial charge in [0, 0.05) is 35.8 Å². The summed E-state index contributed by atoms with van der Waals surface area (Å²) in [5.41, 5.74) is 7.43. The number of hydrogen-bond acceptors (Lipinski definition) is 2. The van der Waals surface area contributed by atoms with Crippen LogP contribution in [0.25, 0.3) is 22.3 Å². The fourth-order valence-electron chi connectivity index (χ4n) is 2.84. The highest BCUT2D eigenvalue weighted by atomic mass is 14.9. The lowest BCUT2D eigenvalue weighted by Gasteiger charge is -2.21. The van der Waals surface area contributed by atoms with Crippen molar-refractivity contribution in [2.24, 2.45) is 0 Å². The van der Waals surface area contributed by atoms with Crippen LogP contribution in [0.2, 0.25) is 0 Å². The first-order valence-electron chi connectivity index (χ1n) is 6.79. The Morgan fingerprint density at radius 3 is 2.30 bits per heavy atom. The fraction of sp³-hybridized carbons (Fsp3) is 0.0556. The van der Waals surface area contributed by atoms with E-state index in [-0.39, 0.29) is 0 Å². The third-order valence-electron chi connectivity index (χ3n) is 3.82. The zero-order valence-corrected chi connectivity index (χ0v) is 11.0. The molecule has 1 aliphatic heterocycles. The molecule has 0 spiro atoms. The lowest BCUT2D eigenvalue weighted by Crippen LogP contribution is -2.06. The molecule has 0 atom stereocenters. The molecule has 4 rings (SSSR count). The van der Waals surface area contributed by atoms with Crippen LogP contribution < -0.4 is 5.32 Å². The maximum absolute atomic E-state index is 4.30. The summed E-state index contributed by atoms with van der Waals surface area (Å²) in [6, 6.07) is 19.1. The van der Waals surface area contributed by atoms with E-state index in [9.17, 15) is 0 Å². The molecule has 3 aromatic rings. The number of pyridine rings is 1. The number of nitrogens with zero attached hydrogens (tertiary/aromatic N) is 1. The normalized spacial score (nSPS) is 12.2. The molecule has 1 aromatic heterocycles. The zero-order valence-electron chi connectivity index (χ0n) is 11.0. The van der Waals surface area contributed by atoms with Gasteiger partial charge in [0.1, 0.15) is 0 Å². The first-order chi connectivity index (χ1) is 9.93. The second kappa shape index (κ2) is 4.49. The average Bonchev–Trinajstić information content (AvgIpc) is 2.52. The van der Waals surface area contributed by atoms with E-state index < -0.39 is 0 Å². The van der Waals surface area contributed by atoms with Crippen LogP contribution in [0.3, 0.4) is 0 Å². The van der Waals surface area contributed by atoms with Gasteiger partial charge >= 0.3 is 0 Å². The molecule has 0 aliphatic carbocycles. The first kappa shape index (κ1) is 11.2. The van der Waals surface area contributed by atoms with E-state index in [1.54, 1.807) is 0 Å². The molecule has 0 saturated carbocycles. The van der Waals surface area contributed by atoms with Crippen molar-refractivity contribution in [2.75, 3.05) is 5.32 Å². The fourth-order valence-corrected chi connectivity index (χ4v) is 2.84. The van der Waals surface area contributed by atoms with Gasteiger partial charge in [-0.15, -0.1) is 0 Å². The molecule has 0 fully saturated rings. The molecule has 0 radical (unpaired) electrons. The molecule has 1 N–H and O–H groups in total. The lowest BCUT2D eigenvalue weighted by atomic mass is 9.90. The standard InChI is InChI=1S/C18H14N2/c1-2-6-15-14(5-1)16-7-3-4-8-18(16)20-11-13-9-10-19-12-17(13)15/h1-10,12,20H,11H2. The van der Waals surface area contributed by atoms with Crippen molar-refractivity contribution in [1.82, 2.24) is 4.98 Å². The summed E-state index contributed by atoms with van der Waals surface area (Å²) in [7, 11) is 0. The van der Waals surface area contributed by atoms with Crippen molar-refractivity contribution in [3.63, 3.8) is 0 Å². The van der Waals surface area contributed by atoms with E-state index in [0.717, 1.165) is 6.54 Å². The van der Waals surface area contributed by atoms with E-state index >= 15 is 0 Å². The van der Waals surface area contributed by atoms with Crippen LogP contribution >= 0.6 is 0 Å². The van der Waals surface area contributed by atoms with Gasteiger partial charge in [0.15, 0.2) is 0 Å². The van der Waals surface area contributed by atoms with Crippen molar-refractivity contribution in [3.05, 3.63) is 72.6 Å². The molecule has 2 aromatic carbocycles. The summed E-state index contributed by atoms with van der Waals surface area (Å²) < 4.78 is 0. The van der Waals surface area contributed by atoms with Gasteiger partial charge in [-0.1, -0.05) is 42.5 Å². The summed E-state index contributed by atoms with van der Waals surface area (Å²) in [5.74, 6) is 0. The Bertz CT molecular complexity index is 711. The van der Waals surface area contributed by atoms with E-state index in [4.69, 9.17) is 0 Å². The predicted molar refractivity (Wildman–Crippen MR) is 82.4 cm³/mol. The van der Waals surface area contributed by atoms with E-state index in [1.807, 2.05) is 12.4 Å². The SMILES string of the molecule is c1ccc2c(c1)NCc1ccncc1-c1ccccc1-2. The van der Waals surface area contributed by atoms with Crippen molar-refractivity contribution < 1.29 is 0 Å². The van der Waals surface area contributed by atoms with Crippen molar-refractivity contribution in [3.8, 4) is 22.3 Å². The largest absolute Gasteiger partial charge is 0.380 e. The van der Waals surface area contributed by atoms with E-state index in [2.05, 4.69) is 64.9 Å². The highest BCUT2D eigenvalue weighted by Crippen LogP contribution is 2.39. The van der Waals surface area contributed by atoms with Crippen LogP contribution in [0.4, 0.5) is 5.69 Å². The number of hydrogen-bond donors (Lipinski definition) is 1. The number of para-hydroxylation sites is 1. The summed E-state index contributed by atoms with van der Waals surface area (Å²) in [4.78, 5) is 4.30. The Morgan fingerprint density at radius 2 is 1.45 bits per heavy atom. The maximum atomic E-state index is 4.30. The van der Waals surface area contributed by atoms with Gasteiger partial charge in [-0.05, 0) is 28.8 Å². The highest BCUT2D eigenvalue weighted by Gasteiger charge is 2.16. The van der Waals surface area contributed by atoms with Crippen LogP contribution in [-0.4, -0.2) is 4.98 Å². The molecule has 0 amide bonds. The molecular formula is C18H14N2. The molecule has 1 aliphatic rings. The minimum absolute atomic E-state index is 0.823. The van der Waals surface area contributed by atoms with Gasteiger partial charge in [0.05, 0.1) is 0 Å². The monoisotopic (exact) mass is 258 g/mol. The molecule has 20 heavy (non-hydrogen) atoms. The molecule has 96 valence electrons. The summed E-state index contributed by atoms with van der Waals surface area (Å²) in [5, 5.41) is 3.53. The van der Waals surface area contributed by atoms with Crippen molar-refractivity contribution in [2.45, 2.75) is 6.54 Å². The Morgan fingerprint density at radius 1 is 0.750 bits per heavy atom. The minimum atomic E-state index is 0.823. The van der Waals surface area contributed by atoms with Crippen LogP contribution in [0.15, 0.2) is 67.0 Å². The third kappa shape index (κ3) is 1.69. The third-order valence-corrected chi connectivity index (χ3v) is 3.82. The molecule has 2 nitrogen and oxygen atoms in total. The van der Waals surface area contributed by atoms with E-state index in [1.165, 1.54) is 33.5 Å². The lowest BCUT2D eigenvalue weighted by molar-refractivity contribution is 1.13. The molecule has 0 bridgehead atoms. The Balaban J connectivity index is 2.07. The predicted octanol–water partition coefficient (Wildman–Crippen LogP) is 4.34. The van der Waals surface area contributed by atoms with Crippen LogP contribution in [0.1, 0.15) is 5.56 Å². The highest BCUT2D eigenvalue weighted by molar-refractivity contribution is 5.91. The quantitative estimate of drug-likeness (QED) is 0.648. The topological polar surface area (TPSA) is 24.9 Å². The number of anilines is 1. The first-order valence-corrected chi connectivity index (χ1v) is 6.79. The molecule has 0 saturated heterocycles. The Kier molecular flexibility index (Phi) is 2.52. The number of nitrogens with one attached hydrogen (secondary N) is 1. The van der Waals surface area contributed by atoms with Crippen LogP contribution in [0, 0.1) is 0 Å². The van der Waals surface area contributed by atoms with Gasteiger partial charge in [0.2, 0.25) is 0 Å². The molecule has 2 heterocycles. The molecule has 2 heteroatoms. The number of fused-ring (bicyclic) bond motifs is 5. The van der Waals surface area contributed by atoms with Gasteiger partial charge in [-0.3, -0.25) is 4.98 Å². The smallest absolute Gasteiger partial charge is 0.0422 e. The molecule has 0 unspecified atom stereocenters. The van der Waals surface area contributed by atoms with Crippen molar-refractivity contribution in [1.29, 1.82) is 0 Å². The molecular weight excluding hydrogens is 244 g/mol. The second-order valence-electron chi connectivity index (χ2n) is 4.98. The van der Waals surface area contributed by atoms with Crippen LogP contribution in [0.5, 0.6) is 0 Å². The number of aromatic nitrogens is 1. The van der Waals surface area contributed by atoms with Gasteiger partial charge in [0.25, 0.3) is 0 Å². The average molecular weight is 258 g/mol. The van der Waals surface area contributed by atoms with Gasteiger partial charge < -0.3 is 5.32 Å². The zero-order chi connectivity index (χ0) is 13.4. The van der Waals surface area contributed by atoms with Gasteiger partial charge in [-0.25, -0.2) is 0 Å². The number of rotatable bonds is 0. The Labute approximate surface area is 118 Å². The second-order valence-corrected chi connectivity index (χ2v) is 4.98. The summed E-state index contributed by atoms with van der Waals surface area (Å²) >= 11 is 0. The minimum Gasteiger partial charge on any atom is -0.380 e. The summed E-state index contributed by atoms with van der Waals surface area (Å²) in [6.07, 6.45) is 3.82. The Hall–Kier alpha value is -2.61. The number of benzene rings is 2. The van der Waals surface area contributed by atoms with Crippen molar-refractivity contribution >= 4 is 5.69 Å². The van der Waals surface area contributed by atoms with E-state index in [0.29, 0.717) is 0 Å².